The number of aliphatic hydroxyl groups is 1. The number of hydrogen-bond donors (Lipinski definition) is 2. The lowest BCUT2D eigenvalue weighted by Crippen LogP contribution is -2.40. The number of carboxylic acids is 1. The summed E-state index contributed by atoms with van der Waals surface area (Å²) in [5.74, 6) is -1.45. The van der Waals surface area contributed by atoms with Crippen molar-refractivity contribution in [3.05, 3.63) is 65.7 Å². The highest BCUT2D eigenvalue weighted by Crippen LogP contribution is 2.45. The Hall–Kier alpha value is -3.61. The standard InChI is InChI=1S/C26H23F3N4O4S/c27-26(28,29)20-21(16-5-2-1-3-6-16)32-38-22(20)24-30-23(31-37-24)17-10-8-15(9-11-17)19(34)14-33-12-4-7-18(13-33)25(35)36/h1-3,5-6,8-11,18-19,34H,4,7,12-14H2,(H,35,36)/t18-,19?/m0/s1. The zero-order valence-corrected chi connectivity index (χ0v) is 20.7. The molecule has 5 rings (SSSR count). The zero-order chi connectivity index (χ0) is 26.9. The average molecular weight is 545 g/mol. The van der Waals surface area contributed by atoms with Crippen molar-refractivity contribution in [3.63, 3.8) is 0 Å². The van der Waals surface area contributed by atoms with E-state index in [0.29, 0.717) is 54.3 Å². The number of rotatable bonds is 7. The van der Waals surface area contributed by atoms with Gasteiger partial charge in [0.1, 0.15) is 10.4 Å². The van der Waals surface area contributed by atoms with Crippen LogP contribution in [0.2, 0.25) is 0 Å². The summed E-state index contributed by atoms with van der Waals surface area (Å²) in [6.07, 6.45) is -4.13. The van der Waals surface area contributed by atoms with Crippen LogP contribution in [0.5, 0.6) is 0 Å². The Balaban J connectivity index is 1.34. The topological polar surface area (TPSA) is 113 Å². The lowest BCUT2D eigenvalue weighted by molar-refractivity contribution is -0.143. The van der Waals surface area contributed by atoms with E-state index in [1.54, 1.807) is 54.6 Å². The highest BCUT2D eigenvalue weighted by Gasteiger charge is 2.41. The highest BCUT2D eigenvalue weighted by atomic mass is 32.1. The fraction of sp³-hybridized carbons (Fsp3) is 0.308. The molecule has 3 heterocycles. The van der Waals surface area contributed by atoms with Crippen LogP contribution in [-0.4, -0.2) is 55.2 Å². The maximum Gasteiger partial charge on any atom is 0.420 e. The lowest BCUT2D eigenvalue weighted by Gasteiger charge is -2.32. The number of carboxylic acid groups (broad SMARTS) is 1. The third-order valence-corrected chi connectivity index (χ3v) is 7.32. The molecule has 0 radical (unpaired) electrons. The quantitative estimate of drug-likeness (QED) is 0.319. The molecule has 0 bridgehead atoms. The number of piperidine rings is 1. The van der Waals surface area contributed by atoms with Gasteiger partial charge in [-0.25, -0.2) is 0 Å². The molecule has 2 atom stereocenters. The maximum absolute atomic E-state index is 14.0. The largest absolute Gasteiger partial charge is 0.481 e. The summed E-state index contributed by atoms with van der Waals surface area (Å²) >= 11 is 0.643. The first-order valence-electron chi connectivity index (χ1n) is 11.9. The van der Waals surface area contributed by atoms with Crippen LogP contribution in [0.4, 0.5) is 13.2 Å². The first-order valence-corrected chi connectivity index (χ1v) is 12.7. The molecule has 2 aromatic carbocycles. The van der Waals surface area contributed by atoms with Crippen molar-refractivity contribution in [1.29, 1.82) is 0 Å². The van der Waals surface area contributed by atoms with E-state index < -0.39 is 29.7 Å². The summed E-state index contributed by atoms with van der Waals surface area (Å²) in [5.41, 5.74) is 0.328. The maximum atomic E-state index is 14.0. The molecule has 12 heteroatoms. The van der Waals surface area contributed by atoms with Gasteiger partial charge in [-0.05, 0) is 36.5 Å². The third kappa shape index (κ3) is 5.47. The van der Waals surface area contributed by atoms with Gasteiger partial charge in [0, 0.05) is 24.2 Å². The Morgan fingerprint density at radius 2 is 1.87 bits per heavy atom. The van der Waals surface area contributed by atoms with E-state index in [-0.39, 0.29) is 22.3 Å². The molecule has 1 aliphatic heterocycles. The second-order valence-corrected chi connectivity index (χ2v) is 9.87. The van der Waals surface area contributed by atoms with Gasteiger partial charge < -0.3 is 14.7 Å². The molecule has 1 unspecified atom stereocenters. The van der Waals surface area contributed by atoms with Crippen LogP contribution in [0, 0.1) is 5.92 Å². The van der Waals surface area contributed by atoms with Crippen LogP contribution in [0.25, 0.3) is 33.4 Å². The number of carbonyl (C=O) groups is 1. The van der Waals surface area contributed by atoms with E-state index in [1.807, 2.05) is 4.90 Å². The fourth-order valence-corrected chi connectivity index (χ4v) is 5.40. The molecule has 1 saturated heterocycles. The molecule has 1 aliphatic rings. The smallest absolute Gasteiger partial charge is 0.420 e. The molecule has 0 spiro atoms. The first kappa shape index (κ1) is 26.0. The van der Waals surface area contributed by atoms with Gasteiger partial charge in [-0.2, -0.15) is 22.5 Å². The summed E-state index contributed by atoms with van der Waals surface area (Å²) in [6, 6.07) is 14.7. The fourth-order valence-electron chi connectivity index (χ4n) is 4.55. The van der Waals surface area contributed by atoms with Crippen LogP contribution in [-0.2, 0) is 11.0 Å². The molecule has 2 N–H and O–H groups in total. The van der Waals surface area contributed by atoms with Crippen LogP contribution in [0.3, 0.4) is 0 Å². The summed E-state index contributed by atoms with van der Waals surface area (Å²) in [5, 5.41) is 23.8. The van der Waals surface area contributed by atoms with Crippen molar-refractivity contribution in [1.82, 2.24) is 19.4 Å². The minimum Gasteiger partial charge on any atom is -0.481 e. The van der Waals surface area contributed by atoms with Crippen molar-refractivity contribution in [2.45, 2.75) is 25.1 Å². The van der Waals surface area contributed by atoms with E-state index in [4.69, 9.17) is 4.52 Å². The van der Waals surface area contributed by atoms with E-state index >= 15 is 0 Å². The first-order chi connectivity index (χ1) is 18.2. The van der Waals surface area contributed by atoms with Gasteiger partial charge in [0.15, 0.2) is 0 Å². The van der Waals surface area contributed by atoms with E-state index in [2.05, 4.69) is 14.5 Å². The number of aliphatic carboxylic acids is 1. The Morgan fingerprint density at radius 3 is 2.55 bits per heavy atom. The highest BCUT2D eigenvalue weighted by molar-refractivity contribution is 7.10. The molecule has 0 amide bonds. The van der Waals surface area contributed by atoms with Crippen LogP contribution >= 0.6 is 11.5 Å². The molecular formula is C26H23F3N4O4S. The van der Waals surface area contributed by atoms with Crippen LogP contribution in [0.15, 0.2) is 59.1 Å². The Morgan fingerprint density at radius 1 is 1.13 bits per heavy atom. The molecule has 0 aliphatic carbocycles. The van der Waals surface area contributed by atoms with E-state index in [9.17, 15) is 28.2 Å². The summed E-state index contributed by atoms with van der Waals surface area (Å²) < 4.78 is 51.3. The molecule has 2 aromatic heterocycles. The number of alkyl halides is 3. The third-order valence-electron chi connectivity index (χ3n) is 6.48. The molecule has 8 nitrogen and oxygen atoms in total. The number of likely N-dealkylation sites (tertiary alicyclic amines) is 1. The average Bonchev–Trinajstić information content (AvgIpc) is 3.57. The van der Waals surface area contributed by atoms with Gasteiger partial charge in [0.2, 0.25) is 5.82 Å². The number of nitrogens with zero attached hydrogens (tertiary/aromatic N) is 4. The Kier molecular flexibility index (Phi) is 7.28. The number of β-amino-alcohol motifs (C(OH)–C–C–N with tert-alkyl or cyclic N) is 1. The molecule has 38 heavy (non-hydrogen) atoms. The van der Waals surface area contributed by atoms with Gasteiger partial charge in [-0.3, -0.25) is 9.69 Å². The monoisotopic (exact) mass is 544 g/mol. The summed E-state index contributed by atoms with van der Waals surface area (Å²) in [4.78, 5) is 17.2. The van der Waals surface area contributed by atoms with E-state index in [1.165, 1.54) is 0 Å². The van der Waals surface area contributed by atoms with Crippen molar-refractivity contribution < 1.29 is 32.7 Å². The Bertz CT molecular complexity index is 1410. The second kappa shape index (κ2) is 10.6. The van der Waals surface area contributed by atoms with Gasteiger partial charge in [0.25, 0.3) is 5.89 Å². The minimum atomic E-state index is -4.68. The number of benzene rings is 2. The number of aromatic nitrogens is 3. The minimum absolute atomic E-state index is 0.101. The molecule has 4 aromatic rings. The van der Waals surface area contributed by atoms with Crippen molar-refractivity contribution in [2.24, 2.45) is 5.92 Å². The predicted octanol–water partition coefficient (Wildman–Crippen LogP) is 5.38. The Labute approximate surface area is 219 Å². The van der Waals surface area contributed by atoms with Crippen molar-refractivity contribution >= 4 is 17.5 Å². The molecular weight excluding hydrogens is 521 g/mol. The van der Waals surface area contributed by atoms with Gasteiger partial charge in [0.05, 0.1) is 17.7 Å². The SMILES string of the molecule is O=C(O)[C@H]1CCCN(CC(O)c2ccc(-c3noc(-c4snc(-c5ccccc5)c4C(F)(F)F)n3)cc2)C1. The second-order valence-electron chi connectivity index (χ2n) is 9.10. The summed E-state index contributed by atoms with van der Waals surface area (Å²) in [6.45, 7) is 1.40. The van der Waals surface area contributed by atoms with Gasteiger partial charge in [-0.15, -0.1) is 0 Å². The van der Waals surface area contributed by atoms with Crippen LogP contribution in [0.1, 0.15) is 30.1 Å². The van der Waals surface area contributed by atoms with E-state index in [0.717, 1.165) is 6.42 Å². The number of hydrogen-bond acceptors (Lipinski definition) is 8. The van der Waals surface area contributed by atoms with Crippen molar-refractivity contribution in [3.8, 4) is 33.4 Å². The van der Waals surface area contributed by atoms with Gasteiger partial charge >= 0.3 is 12.1 Å². The van der Waals surface area contributed by atoms with Gasteiger partial charge in [-0.1, -0.05) is 59.8 Å². The molecule has 0 saturated carbocycles. The molecule has 198 valence electrons. The molecule has 1 fully saturated rings. The lowest BCUT2D eigenvalue weighted by atomic mass is 9.97. The number of aliphatic hydroxyl groups excluding tert-OH is 1. The summed E-state index contributed by atoms with van der Waals surface area (Å²) in [7, 11) is 0. The predicted molar refractivity (Wildman–Crippen MR) is 133 cm³/mol. The zero-order valence-electron chi connectivity index (χ0n) is 19.9. The van der Waals surface area contributed by atoms with Crippen molar-refractivity contribution in [2.75, 3.05) is 19.6 Å². The normalized spacial score (nSPS) is 17.4. The number of halogens is 3. The van der Waals surface area contributed by atoms with Crippen LogP contribution < -0.4 is 0 Å².